The van der Waals surface area contributed by atoms with Gasteiger partial charge in [0.15, 0.2) is 0 Å². The van der Waals surface area contributed by atoms with Crippen LogP contribution in [0, 0.1) is 18.3 Å². The molecule has 0 fully saturated rings. The second-order valence-corrected chi connectivity index (χ2v) is 4.01. The highest BCUT2D eigenvalue weighted by Crippen LogP contribution is 2.09. The van der Waals surface area contributed by atoms with Crippen LogP contribution in [-0.4, -0.2) is 18.4 Å². The second kappa shape index (κ2) is 7.54. The van der Waals surface area contributed by atoms with Crippen LogP contribution in [0.25, 0.3) is 0 Å². The smallest absolute Gasteiger partial charge is 0.319 e. The lowest BCUT2D eigenvalue weighted by Gasteiger charge is -2.03. The van der Waals surface area contributed by atoms with E-state index >= 15 is 0 Å². The molecule has 0 aliphatic rings. The Balaban J connectivity index is 2.77. The minimum absolute atomic E-state index is 0.136. The molecule has 5 nitrogen and oxygen atoms in total. The Labute approximate surface area is 117 Å². The van der Waals surface area contributed by atoms with E-state index < -0.39 is 11.8 Å². The molecule has 0 bridgehead atoms. The van der Waals surface area contributed by atoms with E-state index in [1.165, 1.54) is 6.08 Å². The zero-order valence-corrected chi connectivity index (χ0v) is 11.1. The number of Topliss-reactive ketones (excluding diaryl/α,β-unsaturated/α-hetero) is 1. The first kappa shape index (κ1) is 15.2. The maximum absolute atomic E-state index is 12.0. The first-order valence-corrected chi connectivity index (χ1v) is 5.95. The molecular formula is C15H15N3O2. The molecule has 0 heterocycles. The molecule has 102 valence electrons. The molecule has 0 spiro atoms. The molecule has 5 heteroatoms. The van der Waals surface area contributed by atoms with Gasteiger partial charge in [-0.15, -0.1) is 6.58 Å². The van der Waals surface area contributed by atoms with Gasteiger partial charge in [0.2, 0.25) is 5.78 Å². The van der Waals surface area contributed by atoms with Crippen LogP contribution in [0.5, 0.6) is 0 Å². The molecule has 0 aromatic heterocycles. The normalized spacial score (nSPS) is 10.3. The SMILES string of the molecule is C=CCNC(=O)NC=C(C#N)C(=O)c1ccc(C)cc1. The van der Waals surface area contributed by atoms with E-state index in [0.29, 0.717) is 12.1 Å². The molecule has 0 radical (unpaired) electrons. The zero-order valence-electron chi connectivity index (χ0n) is 11.1. The van der Waals surface area contributed by atoms with Crippen LogP contribution < -0.4 is 10.6 Å². The van der Waals surface area contributed by atoms with Crippen LogP contribution in [0.1, 0.15) is 15.9 Å². The molecular weight excluding hydrogens is 254 g/mol. The van der Waals surface area contributed by atoms with E-state index in [-0.39, 0.29) is 5.57 Å². The number of allylic oxidation sites excluding steroid dienone is 1. The third-order valence-electron chi connectivity index (χ3n) is 2.43. The zero-order chi connectivity index (χ0) is 15.0. The van der Waals surface area contributed by atoms with Gasteiger partial charge < -0.3 is 10.6 Å². The van der Waals surface area contributed by atoms with E-state index in [2.05, 4.69) is 17.2 Å². The summed E-state index contributed by atoms with van der Waals surface area (Å²) in [7, 11) is 0. The number of amides is 2. The molecule has 0 aliphatic carbocycles. The molecule has 0 saturated carbocycles. The van der Waals surface area contributed by atoms with E-state index in [4.69, 9.17) is 5.26 Å². The number of nitrogens with zero attached hydrogens (tertiary/aromatic N) is 1. The summed E-state index contributed by atoms with van der Waals surface area (Å²) < 4.78 is 0. The molecule has 1 rings (SSSR count). The maximum Gasteiger partial charge on any atom is 0.319 e. The summed E-state index contributed by atoms with van der Waals surface area (Å²) in [6.45, 7) is 5.66. The van der Waals surface area contributed by atoms with Crippen molar-refractivity contribution < 1.29 is 9.59 Å². The van der Waals surface area contributed by atoms with Crippen LogP contribution >= 0.6 is 0 Å². The standard InChI is InChI=1S/C15H15N3O2/c1-3-8-17-15(20)18-10-13(9-16)14(19)12-6-4-11(2)5-7-12/h3-7,10H,1,8H2,2H3,(H2,17,18,20). The molecule has 0 saturated heterocycles. The monoisotopic (exact) mass is 269 g/mol. The van der Waals surface area contributed by atoms with Crippen molar-refractivity contribution in [3.8, 4) is 6.07 Å². The summed E-state index contributed by atoms with van der Waals surface area (Å²) in [5, 5.41) is 13.8. The first-order valence-electron chi connectivity index (χ1n) is 5.95. The molecule has 0 atom stereocenters. The number of rotatable bonds is 5. The quantitative estimate of drug-likeness (QED) is 0.371. The Morgan fingerprint density at radius 1 is 1.35 bits per heavy atom. The van der Waals surface area contributed by atoms with Crippen molar-refractivity contribution in [1.29, 1.82) is 5.26 Å². The minimum atomic E-state index is -0.505. The van der Waals surface area contributed by atoms with Crippen molar-refractivity contribution in [2.75, 3.05) is 6.54 Å². The van der Waals surface area contributed by atoms with E-state index in [0.717, 1.165) is 11.8 Å². The highest BCUT2D eigenvalue weighted by Gasteiger charge is 2.12. The number of aryl methyl sites for hydroxylation is 1. The number of hydrogen-bond acceptors (Lipinski definition) is 3. The number of urea groups is 1. The van der Waals surface area contributed by atoms with Gasteiger partial charge in [0.25, 0.3) is 0 Å². The predicted molar refractivity (Wildman–Crippen MR) is 75.9 cm³/mol. The Kier molecular flexibility index (Phi) is 5.73. The van der Waals surface area contributed by atoms with Crippen molar-refractivity contribution in [3.05, 3.63) is 59.8 Å². The van der Waals surface area contributed by atoms with Gasteiger partial charge in [-0.3, -0.25) is 4.79 Å². The van der Waals surface area contributed by atoms with Gasteiger partial charge in [-0.05, 0) is 6.92 Å². The number of carbonyl (C=O) groups excluding carboxylic acids is 2. The van der Waals surface area contributed by atoms with Crippen LogP contribution in [0.3, 0.4) is 0 Å². The van der Waals surface area contributed by atoms with Gasteiger partial charge in [0.05, 0.1) is 0 Å². The van der Waals surface area contributed by atoms with Crippen molar-refractivity contribution in [2.45, 2.75) is 6.92 Å². The molecule has 2 amide bonds. The number of ketones is 1. The largest absolute Gasteiger partial charge is 0.334 e. The second-order valence-electron chi connectivity index (χ2n) is 4.01. The number of benzene rings is 1. The number of hydrogen-bond donors (Lipinski definition) is 2. The van der Waals surface area contributed by atoms with Crippen LogP contribution in [-0.2, 0) is 0 Å². The lowest BCUT2D eigenvalue weighted by Crippen LogP contribution is -2.32. The van der Waals surface area contributed by atoms with E-state index in [1.54, 1.807) is 30.3 Å². The van der Waals surface area contributed by atoms with Gasteiger partial charge in [-0.2, -0.15) is 5.26 Å². The number of carbonyl (C=O) groups is 2. The summed E-state index contributed by atoms with van der Waals surface area (Å²) in [4.78, 5) is 23.3. The van der Waals surface area contributed by atoms with Gasteiger partial charge in [-0.1, -0.05) is 35.9 Å². The average Bonchev–Trinajstić information content (AvgIpc) is 2.46. The fourth-order valence-electron chi connectivity index (χ4n) is 1.36. The minimum Gasteiger partial charge on any atom is -0.334 e. The van der Waals surface area contributed by atoms with Gasteiger partial charge >= 0.3 is 6.03 Å². The Morgan fingerprint density at radius 2 is 2.00 bits per heavy atom. The summed E-state index contributed by atoms with van der Waals surface area (Å²) >= 11 is 0. The highest BCUT2D eigenvalue weighted by atomic mass is 16.2. The third-order valence-corrected chi connectivity index (χ3v) is 2.43. The van der Waals surface area contributed by atoms with Crippen molar-refractivity contribution in [2.24, 2.45) is 0 Å². The van der Waals surface area contributed by atoms with E-state index in [1.807, 2.05) is 6.92 Å². The predicted octanol–water partition coefficient (Wildman–Crippen LogP) is 2.07. The number of nitriles is 1. The molecule has 2 N–H and O–H groups in total. The highest BCUT2D eigenvalue weighted by molar-refractivity contribution is 6.11. The van der Waals surface area contributed by atoms with E-state index in [9.17, 15) is 9.59 Å². The van der Waals surface area contributed by atoms with Gasteiger partial charge in [-0.25, -0.2) is 4.79 Å². The summed E-state index contributed by atoms with van der Waals surface area (Å²) in [6, 6.07) is 8.12. The molecule has 0 aliphatic heterocycles. The summed E-state index contributed by atoms with van der Waals surface area (Å²) in [6.07, 6.45) is 2.62. The number of nitrogens with one attached hydrogen (secondary N) is 2. The molecule has 1 aromatic rings. The third kappa shape index (κ3) is 4.42. The summed E-state index contributed by atoms with van der Waals surface area (Å²) in [5.41, 5.74) is 1.28. The van der Waals surface area contributed by atoms with Gasteiger partial charge in [0, 0.05) is 18.3 Å². The summed E-state index contributed by atoms with van der Waals surface area (Å²) in [5.74, 6) is -0.434. The fraction of sp³-hybridized carbons (Fsp3) is 0.133. The topological polar surface area (TPSA) is 82.0 Å². The Morgan fingerprint density at radius 3 is 2.55 bits per heavy atom. The van der Waals surface area contributed by atoms with Crippen LogP contribution in [0.15, 0.2) is 48.7 Å². The van der Waals surface area contributed by atoms with Crippen LogP contribution in [0.2, 0.25) is 0 Å². The maximum atomic E-state index is 12.0. The fourth-order valence-corrected chi connectivity index (χ4v) is 1.36. The molecule has 1 aromatic carbocycles. The van der Waals surface area contributed by atoms with Crippen molar-refractivity contribution in [3.63, 3.8) is 0 Å². The Hall–Kier alpha value is -2.87. The van der Waals surface area contributed by atoms with Crippen LogP contribution in [0.4, 0.5) is 4.79 Å². The lowest BCUT2D eigenvalue weighted by molar-refractivity contribution is 0.103. The Bertz CT molecular complexity index is 580. The molecule has 0 unspecified atom stereocenters. The van der Waals surface area contributed by atoms with Crippen molar-refractivity contribution in [1.82, 2.24) is 10.6 Å². The average molecular weight is 269 g/mol. The lowest BCUT2D eigenvalue weighted by atomic mass is 10.0. The van der Waals surface area contributed by atoms with Gasteiger partial charge in [0.1, 0.15) is 11.6 Å². The van der Waals surface area contributed by atoms with Crippen molar-refractivity contribution >= 4 is 11.8 Å². The first-order chi connectivity index (χ1) is 9.58. The molecule has 20 heavy (non-hydrogen) atoms.